The van der Waals surface area contributed by atoms with Crippen LogP contribution in [0.4, 0.5) is 11.4 Å². The number of aryl methyl sites for hydroxylation is 2. The first kappa shape index (κ1) is 26.1. The number of carbonyl (C=O) groups is 2. The van der Waals surface area contributed by atoms with Gasteiger partial charge in [-0.1, -0.05) is 26.0 Å². The first-order valence-electron chi connectivity index (χ1n) is 10.7. The number of methoxy groups -OCH3 is 1. The molecule has 9 nitrogen and oxygen atoms in total. The van der Waals surface area contributed by atoms with E-state index in [-0.39, 0.29) is 18.0 Å². The summed E-state index contributed by atoms with van der Waals surface area (Å²) in [7, 11) is -2.11. The molecular formula is C23H32N4O5S. The quantitative estimate of drug-likeness (QED) is 0.459. The molecule has 0 aliphatic heterocycles. The lowest BCUT2D eigenvalue weighted by molar-refractivity contribution is -0.122. The highest BCUT2D eigenvalue weighted by Crippen LogP contribution is 2.25. The molecule has 0 heterocycles. The number of amides is 2. The van der Waals surface area contributed by atoms with Crippen molar-refractivity contribution in [1.82, 2.24) is 9.62 Å². The minimum atomic E-state index is -3.62. The molecule has 0 atom stereocenters. The summed E-state index contributed by atoms with van der Waals surface area (Å²) in [5.74, 6) is -0.276. The van der Waals surface area contributed by atoms with Gasteiger partial charge in [0.15, 0.2) is 0 Å². The highest BCUT2D eigenvalue weighted by molar-refractivity contribution is 7.89. The Labute approximate surface area is 195 Å². The fourth-order valence-electron chi connectivity index (χ4n) is 3.23. The number of anilines is 2. The van der Waals surface area contributed by atoms with E-state index in [0.29, 0.717) is 35.8 Å². The van der Waals surface area contributed by atoms with E-state index in [9.17, 15) is 18.0 Å². The fraction of sp³-hybridized carbons (Fsp3) is 0.391. The summed E-state index contributed by atoms with van der Waals surface area (Å²) in [5, 5.41) is 8.16. The minimum absolute atomic E-state index is 0.116. The van der Waals surface area contributed by atoms with Crippen LogP contribution in [0.25, 0.3) is 0 Å². The normalized spacial score (nSPS) is 11.2. The molecule has 180 valence electrons. The van der Waals surface area contributed by atoms with Crippen LogP contribution in [0.2, 0.25) is 0 Å². The molecule has 0 saturated heterocycles. The standard InChI is InChI=1S/C23H32N4O5S/c1-6-27(7-2)33(30,31)21-13-18(10-9-17(21)4)24-14-22(28)25-15-23(29)26-19-12-16(3)8-11-20(19)32-5/h8-13,24H,6-7,14-15H2,1-5H3,(H,25,28)(H,26,29). The lowest BCUT2D eigenvalue weighted by Gasteiger charge is -2.20. The SMILES string of the molecule is CCN(CC)S(=O)(=O)c1cc(NCC(=O)NCC(=O)Nc2cc(C)ccc2OC)ccc1C. The minimum Gasteiger partial charge on any atom is -0.495 e. The maximum absolute atomic E-state index is 12.9. The molecule has 0 bridgehead atoms. The molecular weight excluding hydrogens is 444 g/mol. The Morgan fingerprint density at radius 3 is 2.30 bits per heavy atom. The summed E-state index contributed by atoms with van der Waals surface area (Å²) in [6.45, 7) is 7.61. The number of hydrogen-bond donors (Lipinski definition) is 3. The van der Waals surface area contributed by atoms with Gasteiger partial charge in [-0.15, -0.1) is 0 Å². The predicted octanol–water partition coefficient (Wildman–Crippen LogP) is 2.51. The van der Waals surface area contributed by atoms with Gasteiger partial charge in [-0.25, -0.2) is 8.42 Å². The van der Waals surface area contributed by atoms with Gasteiger partial charge in [0.1, 0.15) is 5.75 Å². The lowest BCUT2D eigenvalue weighted by Crippen LogP contribution is -2.36. The van der Waals surface area contributed by atoms with Crippen LogP contribution in [0.15, 0.2) is 41.3 Å². The van der Waals surface area contributed by atoms with Crippen LogP contribution < -0.4 is 20.7 Å². The van der Waals surface area contributed by atoms with Crippen molar-refractivity contribution >= 4 is 33.2 Å². The molecule has 0 radical (unpaired) electrons. The summed E-state index contributed by atoms with van der Waals surface area (Å²) >= 11 is 0. The van der Waals surface area contributed by atoms with Gasteiger partial charge in [-0.05, 0) is 49.2 Å². The van der Waals surface area contributed by atoms with Crippen LogP contribution in [0.1, 0.15) is 25.0 Å². The molecule has 0 aliphatic carbocycles. The number of rotatable bonds is 11. The molecule has 2 aromatic rings. The molecule has 0 fully saturated rings. The van der Waals surface area contributed by atoms with E-state index in [1.807, 2.05) is 13.0 Å². The Balaban J connectivity index is 1.95. The molecule has 2 rings (SSSR count). The Hall–Kier alpha value is -3.11. The van der Waals surface area contributed by atoms with E-state index >= 15 is 0 Å². The van der Waals surface area contributed by atoms with Crippen LogP contribution in [0.3, 0.4) is 0 Å². The van der Waals surface area contributed by atoms with E-state index in [0.717, 1.165) is 5.56 Å². The van der Waals surface area contributed by atoms with Crippen molar-refractivity contribution in [3.05, 3.63) is 47.5 Å². The number of ether oxygens (including phenoxy) is 1. The van der Waals surface area contributed by atoms with Crippen LogP contribution >= 0.6 is 0 Å². The first-order valence-corrected chi connectivity index (χ1v) is 12.1. The van der Waals surface area contributed by atoms with Gasteiger partial charge in [0, 0.05) is 18.8 Å². The van der Waals surface area contributed by atoms with Crippen LogP contribution in [-0.4, -0.2) is 57.8 Å². The molecule has 0 aliphatic rings. The third-order valence-corrected chi connectivity index (χ3v) is 7.23. The smallest absolute Gasteiger partial charge is 0.243 e. The van der Waals surface area contributed by atoms with Gasteiger partial charge in [-0.3, -0.25) is 9.59 Å². The van der Waals surface area contributed by atoms with Gasteiger partial charge in [0.2, 0.25) is 21.8 Å². The van der Waals surface area contributed by atoms with Gasteiger partial charge < -0.3 is 20.7 Å². The number of carbonyl (C=O) groups excluding carboxylic acids is 2. The summed E-state index contributed by atoms with van der Waals surface area (Å²) in [6, 6.07) is 10.3. The summed E-state index contributed by atoms with van der Waals surface area (Å²) in [5.41, 5.74) is 2.60. The predicted molar refractivity (Wildman–Crippen MR) is 129 cm³/mol. The maximum atomic E-state index is 12.9. The van der Waals surface area contributed by atoms with Crippen molar-refractivity contribution in [2.24, 2.45) is 0 Å². The topological polar surface area (TPSA) is 117 Å². The number of benzene rings is 2. The van der Waals surface area contributed by atoms with Crippen molar-refractivity contribution in [1.29, 1.82) is 0 Å². The zero-order valence-electron chi connectivity index (χ0n) is 19.7. The van der Waals surface area contributed by atoms with E-state index < -0.39 is 21.8 Å². The second-order valence-corrected chi connectivity index (χ2v) is 9.36. The maximum Gasteiger partial charge on any atom is 0.243 e. The third-order valence-electron chi connectivity index (χ3n) is 5.04. The van der Waals surface area contributed by atoms with Crippen molar-refractivity contribution in [3.8, 4) is 5.75 Å². The van der Waals surface area contributed by atoms with Crippen molar-refractivity contribution in [2.75, 3.05) is 43.9 Å². The molecule has 2 amide bonds. The highest BCUT2D eigenvalue weighted by atomic mass is 32.2. The number of hydrogen-bond acceptors (Lipinski definition) is 6. The molecule has 0 aromatic heterocycles. The van der Waals surface area contributed by atoms with Crippen molar-refractivity contribution in [3.63, 3.8) is 0 Å². The second kappa shape index (κ2) is 11.7. The zero-order chi connectivity index (χ0) is 24.6. The van der Waals surface area contributed by atoms with E-state index in [2.05, 4.69) is 16.0 Å². The van der Waals surface area contributed by atoms with Gasteiger partial charge in [0.25, 0.3) is 0 Å². The molecule has 0 spiro atoms. The summed E-state index contributed by atoms with van der Waals surface area (Å²) in [6.07, 6.45) is 0. The molecule has 0 saturated carbocycles. The second-order valence-electron chi connectivity index (χ2n) is 7.45. The Bertz CT molecular complexity index is 1100. The number of sulfonamides is 1. The average Bonchev–Trinajstić information content (AvgIpc) is 2.77. The van der Waals surface area contributed by atoms with E-state index in [1.54, 1.807) is 45.0 Å². The number of nitrogens with one attached hydrogen (secondary N) is 3. The fourth-order valence-corrected chi connectivity index (χ4v) is 4.94. The van der Waals surface area contributed by atoms with Gasteiger partial charge in [-0.2, -0.15) is 4.31 Å². The zero-order valence-corrected chi connectivity index (χ0v) is 20.5. The Kier molecular flexibility index (Phi) is 9.24. The Morgan fingerprint density at radius 2 is 1.67 bits per heavy atom. The van der Waals surface area contributed by atoms with E-state index in [1.165, 1.54) is 17.5 Å². The number of nitrogens with zero attached hydrogens (tertiary/aromatic N) is 1. The molecule has 0 unspecified atom stereocenters. The lowest BCUT2D eigenvalue weighted by atomic mass is 10.2. The first-order chi connectivity index (χ1) is 15.6. The molecule has 33 heavy (non-hydrogen) atoms. The average molecular weight is 477 g/mol. The molecule has 10 heteroatoms. The molecule has 3 N–H and O–H groups in total. The van der Waals surface area contributed by atoms with Crippen molar-refractivity contribution < 1.29 is 22.7 Å². The summed E-state index contributed by atoms with van der Waals surface area (Å²) in [4.78, 5) is 24.6. The van der Waals surface area contributed by atoms with Crippen LogP contribution in [0, 0.1) is 13.8 Å². The van der Waals surface area contributed by atoms with E-state index in [4.69, 9.17) is 4.74 Å². The Morgan fingerprint density at radius 1 is 0.970 bits per heavy atom. The van der Waals surface area contributed by atoms with Gasteiger partial charge in [0.05, 0.1) is 30.8 Å². The molecule has 2 aromatic carbocycles. The van der Waals surface area contributed by atoms with Crippen molar-refractivity contribution in [2.45, 2.75) is 32.6 Å². The van der Waals surface area contributed by atoms with Crippen LogP contribution in [0.5, 0.6) is 5.75 Å². The largest absolute Gasteiger partial charge is 0.495 e. The monoisotopic (exact) mass is 476 g/mol. The van der Waals surface area contributed by atoms with Gasteiger partial charge >= 0.3 is 0 Å². The highest BCUT2D eigenvalue weighted by Gasteiger charge is 2.23. The van der Waals surface area contributed by atoms with Crippen LogP contribution in [-0.2, 0) is 19.6 Å². The summed E-state index contributed by atoms with van der Waals surface area (Å²) < 4.78 is 32.3. The third kappa shape index (κ3) is 6.93.